The molecule has 0 aliphatic rings. The third kappa shape index (κ3) is 4.52. The summed E-state index contributed by atoms with van der Waals surface area (Å²) in [6.07, 6.45) is 3.54. The number of rotatable bonds is 4. The Morgan fingerprint density at radius 2 is 1.81 bits per heavy atom. The van der Waals surface area contributed by atoms with Crippen molar-refractivity contribution in [1.82, 2.24) is 9.97 Å². The molecule has 4 aromatic rings. The van der Waals surface area contributed by atoms with E-state index in [2.05, 4.69) is 51.7 Å². The quantitative estimate of drug-likeness (QED) is 0.374. The fraction of sp³-hybridized carbons (Fsp3) is 0.269. The van der Waals surface area contributed by atoms with Crippen LogP contribution in [0, 0.1) is 13.8 Å². The summed E-state index contributed by atoms with van der Waals surface area (Å²) in [5.41, 5.74) is 6.15. The lowest BCUT2D eigenvalue weighted by Crippen LogP contribution is -2.30. The van der Waals surface area contributed by atoms with Crippen molar-refractivity contribution in [1.29, 1.82) is 0 Å². The number of benzene rings is 2. The normalized spacial score (nSPS) is 11.6. The number of aryl methyl sites for hydroxylation is 2. The van der Waals surface area contributed by atoms with E-state index in [0.29, 0.717) is 17.2 Å². The molecule has 2 heterocycles. The van der Waals surface area contributed by atoms with E-state index in [-0.39, 0.29) is 11.3 Å². The van der Waals surface area contributed by atoms with E-state index in [0.717, 1.165) is 21.3 Å². The topological polar surface area (TPSA) is 46.1 Å². The van der Waals surface area contributed by atoms with Gasteiger partial charge in [-0.3, -0.25) is 14.7 Å². The first-order valence-electron chi connectivity index (χ1n) is 10.4. The van der Waals surface area contributed by atoms with E-state index >= 15 is 0 Å². The number of anilines is 1. The Kier molecular flexibility index (Phi) is 5.63. The summed E-state index contributed by atoms with van der Waals surface area (Å²) in [4.78, 5) is 24.4. The van der Waals surface area contributed by atoms with Crippen molar-refractivity contribution in [3.63, 3.8) is 0 Å². The molecule has 0 atom stereocenters. The molecule has 0 unspecified atom stereocenters. The second-order valence-corrected chi connectivity index (χ2v) is 10.0. The van der Waals surface area contributed by atoms with Crippen LogP contribution in [0.3, 0.4) is 0 Å². The molecule has 4 nitrogen and oxygen atoms in total. The Morgan fingerprint density at radius 3 is 2.45 bits per heavy atom. The molecule has 0 saturated heterocycles. The van der Waals surface area contributed by atoms with Crippen molar-refractivity contribution >= 4 is 32.6 Å². The van der Waals surface area contributed by atoms with Gasteiger partial charge in [-0.1, -0.05) is 56.4 Å². The molecule has 0 aliphatic carbocycles. The molecule has 158 valence electrons. The van der Waals surface area contributed by atoms with E-state index < -0.39 is 0 Å². The summed E-state index contributed by atoms with van der Waals surface area (Å²) in [6, 6.07) is 16.1. The molecule has 0 N–H and O–H groups in total. The third-order valence-electron chi connectivity index (χ3n) is 5.36. The molecule has 31 heavy (non-hydrogen) atoms. The standard InChI is InChI=1S/C26H27N3OS/c1-17-13-18(2)23-22(14-17)31-25(28-23)29(16-19-7-6-12-27-15-19)24(30)20-8-10-21(11-9-20)26(3,4)5/h6-15H,16H2,1-5H3. The molecular formula is C26H27N3OS. The number of aromatic nitrogens is 2. The van der Waals surface area contributed by atoms with Crippen LogP contribution in [-0.2, 0) is 12.0 Å². The number of fused-ring (bicyclic) bond motifs is 1. The minimum Gasteiger partial charge on any atom is -0.279 e. The highest BCUT2D eigenvalue weighted by Crippen LogP contribution is 2.33. The van der Waals surface area contributed by atoms with Gasteiger partial charge in [-0.25, -0.2) is 4.98 Å². The van der Waals surface area contributed by atoms with Crippen LogP contribution in [0.5, 0.6) is 0 Å². The van der Waals surface area contributed by atoms with Gasteiger partial charge < -0.3 is 0 Å². The number of hydrogen-bond acceptors (Lipinski definition) is 4. The van der Waals surface area contributed by atoms with Crippen LogP contribution < -0.4 is 4.90 Å². The maximum Gasteiger partial charge on any atom is 0.260 e. The average molecular weight is 430 g/mol. The van der Waals surface area contributed by atoms with Gasteiger partial charge in [0, 0.05) is 18.0 Å². The number of nitrogens with zero attached hydrogens (tertiary/aromatic N) is 3. The summed E-state index contributed by atoms with van der Waals surface area (Å²) in [7, 11) is 0. The van der Waals surface area contributed by atoms with Crippen LogP contribution >= 0.6 is 11.3 Å². The smallest absolute Gasteiger partial charge is 0.260 e. The molecule has 0 aliphatic heterocycles. The van der Waals surface area contributed by atoms with Crippen LogP contribution in [0.25, 0.3) is 10.2 Å². The highest BCUT2D eigenvalue weighted by atomic mass is 32.1. The van der Waals surface area contributed by atoms with E-state index in [9.17, 15) is 4.79 Å². The third-order valence-corrected chi connectivity index (χ3v) is 6.38. The van der Waals surface area contributed by atoms with Gasteiger partial charge in [0.15, 0.2) is 5.13 Å². The predicted molar refractivity (Wildman–Crippen MR) is 129 cm³/mol. The monoisotopic (exact) mass is 429 g/mol. The molecule has 1 amide bonds. The van der Waals surface area contributed by atoms with Gasteiger partial charge in [-0.2, -0.15) is 0 Å². The van der Waals surface area contributed by atoms with Crippen LogP contribution in [0.4, 0.5) is 5.13 Å². The molecule has 0 saturated carbocycles. The lowest BCUT2D eigenvalue weighted by molar-refractivity contribution is 0.0985. The minimum absolute atomic E-state index is 0.0411. The molecule has 0 radical (unpaired) electrons. The van der Waals surface area contributed by atoms with Gasteiger partial charge in [0.2, 0.25) is 0 Å². The number of thiazole rings is 1. The Labute approximate surface area is 187 Å². The van der Waals surface area contributed by atoms with E-state index in [1.54, 1.807) is 28.6 Å². The van der Waals surface area contributed by atoms with Crippen LogP contribution in [0.15, 0.2) is 60.9 Å². The summed E-state index contributed by atoms with van der Waals surface area (Å²) in [5, 5.41) is 0.706. The van der Waals surface area contributed by atoms with Gasteiger partial charge >= 0.3 is 0 Å². The number of carbonyl (C=O) groups is 1. The Hall–Kier alpha value is -3.05. The minimum atomic E-state index is -0.0576. The number of pyridine rings is 1. The van der Waals surface area contributed by atoms with E-state index in [1.807, 2.05) is 36.4 Å². The average Bonchev–Trinajstić information content (AvgIpc) is 3.16. The van der Waals surface area contributed by atoms with E-state index in [4.69, 9.17) is 4.98 Å². The van der Waals surface area contributed by atoms with Crippen molar-refractivity contribution in [2.24, 2.45) is 0 Å². The number of amides is 1. The predicted octanol–water partition coefficient (Wildman–Crippen LogP) is 6.45. The molecule has 2 aromatic carbocycles. The Bertz CT molecular complexity index is 1220. The number of hydrogen-bond donors (Lipinski definition) is 0. The van der Waals surface area contributed by atoms with Crippen molar-refractivity contribution in [2.75, 3.05) is 4.90 Å². The lowest BCUT2D eigenvalue weighted by atomic mass is 9.86. The SMILES string of the molecule is Cc1cc(C)c2nc(N(Cc3cccnc3)C(=O)c3ccc(C(C)(C)C)cc3)sc2c1. The first kappa shape index (κ1) is 21.2. The maximum atomic E-state index is 13.6. The maximum absolute atomic E-state index is 13.6. The molecule has 0 fully saturated rings. The second kappa shape index (κ2) is 8.23. The zero-order valence-electron chi connectivity index (χ0n) is 18.6. The van der Waals surface area contributed by atoms with Crippen molar-refractivity contribution in [3.05, 3.63) is 88.7 Å². The fourth-order valence-electron chi connectivity index (χ4n) is 3.64. The first-order valence-corrected chi connectivity index (χ1v) is 11.2. The van der Waals surface area contributed by atoms with E-state index in [1.165, 1.54) is 11.1 Å². The van der Waals surface area contributed by atoms with Crippen molar-refractivity contribution in [2.45, 2.75) is 46.6 Å². The van der Waals surface area contributed by atoms with Crippen LogP contribution in [0.2, 0.25) is 0 Å². The van der Waals surface area contributed by atoms with Gasteiger partial charge in [0.05, 0.1) is 16.8 Å². The Balaban J connectivity index is 1.76. The highest BCUT2D eigenvalue weighted by molar-refractivity contribution is 7.22. The summed E-state index contributed by atoms with van der Waals surface area (Å²) in [6.45, 7) is 11.1. The van der Waals surface area contributed by atoms with Gasteiger partial charge in [0.1, 0.15) is 0 Å². The molecule has 0 spiro atoms. The van der Waals surface area contributed by atoms with Crippen molar-refractivity contribution in [3.8, 4) is 0 Å². The zero-order chi connectivity index (χ0) is 22.2. The number of carbonyl (C=O) groups excluding carboxylic acids is 1. The summed E-state index contributed by atoms with van der Waals surface area (Å²) < 4.78 is 1.10. The molecule has 5 heteroatoms. The first-order chi connectivity index (χ1) is 14.7. The molecular weight excluding hydrogens is 402 g/mol. The van der Waals surface area contributed by atoms with Crippen LogP contribution in [0.1, 0.15) is 53.4 Å². The largest absolute Gasteiger partial charge is 0.279 e. The lowest BCUT2D eigenvalue weighted by Gasteiger charge is -2.22. The van der Waals surface area contributed by atoms with Crippen molar-refractivity contribution < 1.29 is 4.79 Å². The van der Waals surface area contributed by atoms with Gasteiger partial charge in [0.25, 0.3) is 5.91 Å². The van der Waals surface area contributed by atoms with Gasteiger partial charge in [-0.05, 0) is 65.8 Å². The summed E-state index contributed by atoms with van der Waals surface area (Å²) >= 11 is 1.56. The molecule has 0 bridgehead atoms. The highest BCUT2D eigenvalue weighted by Gasteiger charge is 2.23. The second-order valence-electron chi connectivity index (χ2n) is 9.00. The summed E-state index contributed by atoms with van der Waals surface area (Å²) in [5.74, 6) is -0.0576. The zero-order valence-corrected chi connectivity index (χ0v) is 19.5. The van der Waals surface area contributed by atoms with Crippen LogP contribution in [-0.4, -0.2) is 15.9 Å². The molecule has 2 aromatic heterocycles. The fourth-order valence-corrected chi connectivity index (χ4v) is 4.78. The Morgan fingerprint density at radius 1 is 1.06 bits per heavy atom. The van der Waals surface area contributed by atoms with Gasteiger partial charge in [-0.15, -0.1) is 0 Å². The molecule has 4 rings (SSSR count).